The largest absolute Gasteiger partial charge is 0.282 e. The quantitative estimate of drug-likeness (QED) is 0.585. The molecular formula is C24H18N2O4S2. The van der Waals surface area contributed by atoms with Crippen molar-refractivity contribution in [2.45, 2.75) is 22.6 Å². The van der Waals surface area contributed by atoms with E-state index in [1.54, 1.807) is 48.5 Å². The summed E-state index contributed by atoms with van der Waals surface area (Å²) in [5.41, 5.74) is 3.59. The maximum absolute atomic E-state index is 13.1. The van der Waals surface area contributed by atoms with E-state index in [1.807, 2.05) is 12.1 Å². The number of rotatable bonds is 4. The Balaban J connectivity index is 1.75. The van der Waals surface area contributed by atoms with Gasteiger partial charge in [-0.05, 0) is 59.9 Å². The van der Waals surface area contributed by atoms with Crippen LogP contribution in [0.15, 0.2) is 104 Å². The minimum atomic E-state index is -4.08. The Morgan fingerprint density at radius 2 is 1.22 bits per heavy atom. The first-order valence-corrected chi connectivity index (χ1v) is 12.9. The minimum absolute atomic E-state index is 0.0231. The smallest absolute Gasteiger partial charge is 0.199 e. The molecule has 3 aromatic rings. The highest BCUT2D eigenvalue weighted by Gasteiger charge is 2.31. The zero-order chi connectivity index (χ0) is 22.3. The molecule has 2 aliphatic rings. The van der Waals surface area contributed by atoms with Crippen molar-refractivity contribution in [1.82, 2.24) is 0 Å². The van der Waals surface area contributed by atoms with Crippen molar-refractivity contribution in [2.75, 3.05) is 0 Å². The fraction of sp³-hybridized carbons (Fsp3) is 0.0833. The number of sulfonamides is 2. The molecule has 2 aliphatic carbocycles. The molecule has 0 heterocycles. The Morgan fingerprint density at radius 3 is 1.84 bits per heavy atom. The van der Waals surface area contributed by atoms with Crippen LogP contribution in [0.4, 0.5) is 0 Å². The van der Waals surface area contributed by atoms with Crippen LogP contribution in [0, 0.1) is 0 Å². The van der Waals surface area contributed by atoms with Crippen molar-refractivity contribution < 1.29 is 16.8 Å². The molecule has 0 radical (unpaired) electrons. The summed E-state index contributed by atoms with van der Waals surface area (Å²) in [4.78, 5) is 0.0576. The zero-order valence-corrected chi connectivity index (χ0v) is 18.5. The molecule has 0 amide bonds. The third-order valence-electron chi connectivity index (χ3n) is 5.46. The summed E-state index contributed by atoms with van der Waals surface area (Å²) < 4.78 is 60.2. The lowest BCUT2D eigenvalue weighted by molar-refractivity contribution is 0.596. The van der Waals surface area contributed by atoms with E-state index < -0.39 is 20.0 Å². The van der Waals surface area contributed by atoms with Gasteiger partial charge >= 0.3 is 0 Å². The van der Waals surface area contributed by atoms with Crippen LogP contribution in [-0.4, -0.2) is 28.3 Å². The first-order valence-electron chi connectivity index (χ1n) is 9.99. The number of nitrogens with zero attached hydrogens (tertiary/aromatic N) is 2. The molecule has 0 spiro atoms. The molecule has 32 heavy (non-hydrogen) atoms. The molecule has 0 unspecified atom stereocenters. The number of hydrogen-bond donors (Lipinski definition) is 0. The van der Waals surface area contributed by atoms with E-state index in [2.05, 4.69) is 8.80 Å². The van der Waals surface area contributed by atoms with Gasteiger partial charge in [0.2, 0.25) is 0 Å². The normalized spacial score (nSPS) is 17.9. The van der Waals surface area contributed by atoms with Crippen molar-refractivity contribution in [3.63, 3.8) is 0 Å². The number of hydrogen-bond acceptors (Lipinski definition) is 4. The number of allylic oxidation sites excluding steroid dienone is 2. The molecule has 0 bridgehead atoms. The lowest BCUT2D eigenvalue weighted by Crippen LogP contribution is -2.23. The van der Waals surface area contributed by atoms with Crippen molar-refractivity contribution in [3.05, 3.63) is 102 Å². The molecular weight excluding hydrogens is 444 g/mol. The average molecular weight is 463 g/mol. The minimum Gasteiger partial charge on any atom is -0.199 e. The summed E-state index contributed by atoms with van der Waals surface area (Å²) in [6.45, 7) is 0. The molecule has 8 heteroatoms. The van der Waals surface area contributed by atoms with Crippen molar-refractivity contribution in [3.8, 4) is 0 Å². The molecule has 0 fully saturated rings. The van der Waals surface area contributed by atoms with Crippen LogP contribution in [0.3, 0.4) is 0 Å². The van der Waals surface area contributed by atoms with Gasteiger partial charge < -0.3 is 0 Å². The van der Waals surface area contributed by atoms with E-state index in [0.717, 1.165) is 29.5 Å². The van der Waals surface area contributed by atoms with E-state index in [-0.39, 0.29) is 21.2 Å². The summed E-state index contributed by atoms with van der Waals surface area (Å²) in [6, 6.07) is 21.3. The van der Waals surface area contributed by atoms with E-state index in [9.17, 15) is 16.8 Å². The third kappa shape index (κ3) is 3.61. The van der Waals surface area contributed by atoms with Gasteiger partial charge in [-0.3, -0.25) is 0 Å². The van der Waals surface area contributed by atoms with Crippen LogP contribution >= 0.6 is 0 Å². The number of benzene rings is 3. The maximum Gasteiger partial charge on any atom is 0.282 e. The lowest BCUT2D eigenvalue weighted by Gasteiger charge is -2.18. The van der Waals surface area contributed by atoms with Crippen molar-refractivity contribution in [1.29, 1.82) is 0 Å². The molecule has 0 atom stereocenters. The SMILES string of the molecule is O=S(=O)(/N=C1\C(=N\S(=O)(=O)c2ccccc2)C=C2CCc3cccc1c32)c1ccccc1. The van der Waals surface area contributed by atoms with Gasteiger partial charge in [0, 0.05) is 5.56 Å². The molecule has 0 aliphatic heterocycles. The summed E-state index contributed by atoms with van der Waals surface area (Å²) in [5, 5.41) is 0. The van der Waals surface area contributed by atoms with Gasteiger partial charge in [0.05, 0.1) is 9.79 Å². The Morgan fingerprint density at radius 1 is 0.625 bits per heavy atom. The molecule has 0 saturated carbocycles. The first-order chi connectivity index (χ1) is 15.4. The van der Waals surface area contributed by atoms with Crippen LogP contribution in [-0.2, 0) is 26.5 Å². The standard InChI is InChI=1S/C24H18N2O4S2/c27-31(28,19-9-3-1-4-10-19)25-22-16-18-15-14-17-8-7-13-21(23(17)18)24(22)26-32(29,30)20-11-5-2-6-12-20/h1-13,16H,14-15H2/b25-22+,26-24-. The topological polar surface area (TPSA) is 93.0 Å². The highest BCUT2D eigenvalue weighted by atomic mass is 32.2. The van der Waals surface area contributed by atoms with Crippen LogP contribution < -0.4 is 0 Å². The monoisotopic (exact) mass is 462 g/mol. The van der Waals surface area contributed by atoms with Gasteiger partial charge in [-0.1, -0.05) is 54.6 Å². The van der Waals surface area contributed by atoms with Crippen LogP contribution in [0.2, 0.25) is 0 Å². The van der Waals surface area contributed by atoms with E-state index in [1.165, 1.54) is 24.3 Å². The fourth-order valence-corrected chi connectivity index (χ4v) is 6.04. The summed E-state index contributed by atoms with van der Waals surface area (Å²) in [5.74, 6) is 0. The second kappa shape index (κ2) is 7.65. The van der Waals surface area contributed by atoms with Gasteiger partial charge in [-0.25, -0.2) is 0 Å². The summed E-state index contributed by atoms with van der Waals surface area (Å²) >= 11 is 0. The van der Waals surface area contributed by atoms with Gasteiger partial charge in [0.25, 0.3) is 20.0 Å². The predicted molar refractivity (Wildman–Crippen MR) is 124 cm³/mol. The van der Waals surface area contributed by atoms with E-state index in [4.69, 9.17) is 0 Å². The second-order valence-electron chi connectivity index (χ2n) is 7.50. The maximum atomic E-state index is 13.1. The molecule has 6 nitrogen and oxygen atoms in total. The van der Waals surface area contributed by atoms with Gasteiger partial charge in [-0.15, -0.1) is 0 Å². The molecule has 0 N–H and O–H groups in total. The predicted octanol–water partition coefficient (Wildman–Crippen LogP) is 4.04. The Hall–Kier alpha value is -3.36. The Labute approximate surface area is 186 Å². The Bertz CT molecular complexity index is 1520. The second-order valence-corrected chi connectivity index (χ2v) is 10.7. The molecule has 0 aromatic heterocycles. The highest BCUT2D eigenvalue weighted by molar-refractivity contribution is 7.91. The molecule has 5 rings (SSSR count). The molecule has 0 saturated heterocycles. The first kappa shape index (κ1) is 20.5. The van der Waals surface area contributed by atoms with Crippen LogP contribution in [0.1, 0.15) is 23.1 Å². The average Bonchev–Trinajstić information content (AvgIpc) is 3.21. The van der Waals surface area contributed by atoms with Crippen LogP contribution in [0.25, 0.3) is 5.57 Å². The fourth-order valence-electron chi connectivity index (χ4n) is 4.00. The molecule has 3 aromatic carbocycles. The molecule has 160 valence electrons. The lowest BCUT2D eigenvalue weighted by atomic mass is 9.89. The van der Waals surface area contributed by atoms with Crippen molar-refractivity contribution >= 4 is 37.0 Å². The summed E-state index contributed by atoms with van der Waals surface area (Å²) in [6.07, 6.45) is 3.18. The summed E-state index contributed by atoms with van der Waals surface area (Å²) in [7, 11) is -8.15. The third-order valence-corrected chi connectivity index (χ3v) is 8.05. The van der Waals surface area contributed by atoms with Crippen molar-refractivity contribution in [2.24, 2.45) is 8.80 Å². The van der Waals surface area contributed by atoms with Gasteiger partial charge in [0.1, 0.15) is 11.4 Å². The van der Waals surface area contributed by atoms with Crippen LogP contribution in [0.5, 0.6) is 0 Å². The van der Waals surface area contributed by atoms with Gasteiger partial charge in [-0.2, -0.15) is 25.6 Å². The number of aryl methyl sites for hydroxylation is 1. The zero-order valence-electron chi connectivity index (χ0n) is 16.8. The van der Waals surface area contributed by atoms with Gasteiger partial charge in [0.15, 0.2) is 0 Å². The van der Waals surface area contributed by atoms with E-state index in [0.29, 0.717) is 5.56 Å². The Kier molecular flexibility index (Phi) is 4.91. The highest BCUT2D eigenvalue weighted by Crippen LogP contribution is 2.38. The van der Waals surface area contributed by atoms with E-state index >= 15 is 0 Å².